The van der Waals surface area contributed by atoms with E-state index in [0.29, 0.717) is 12.1 Å². The molecule has 1 aromatic heterocycles. The Morgan fingerprint density at radius 3 is 2.29 bits per heavy atom. The fraction of sp³-hybridized carbons (Fsp3) is 0.304. The number of nitrogens with one attached hydrogen (secondary N) is 1. The van der Waals surface area contributed by atoms with Crippen molar-refractivity contribution in [3.63, 3.8) is 0 Å². The molecule has 1 aliphatic rings. The quantitative estimate of drug-likeness (QED) is 0.716. The third kappa shape index (κ3) is 4.31. The third-order valence-corrected chi connectivity index (χ3v) is 5.29. The van der Waals surface area contributed by atoms with Crippen LogP contribution in [0, 0.1) is 6.92 Å². The minimum atomic E-state index is -0.0649. The summed E-state index contributed by atoms with van der Waals surface area (Å²) in [7, 11) is 0. The SMILES string of the molecule is Cc1ccnn1-c1ccc(C(=O)NCc2ccc(CN3CCCC3)cc2)cc1. The average molecular weight is 374 g/mol. The van der Waals surface area contributed by atoms with E-state index in [0.717, 1.165) is 23.5 Å². The van der Waals surface area contributed by atoms with Crippen LogP contribution in [0.3, 0.4) is 0 Å². The van der Waals surface area contributed by atoms with Gasteiger partial charge in [0.2, 0.25) is 0 Å². The molecule has 0 radical (unpaired) electrons. The maximum absolute atomic E-state index is 12.4. The van der Waals surface area contributed by atoms with Gasteiger partial charge in [0.1, 0.15) is 0 Å². The van der Waals surface area contributed by atoms with E-state index in [1.54, 1.807) is 6.20 Å². The number of benzene rings is 2. The summed E-state index contributed by atoms with van der Waals surface area (Å²) in [5.41, 5.74) is 5.11. The Kier molecular flexibility index (Phi) is 5.53. The Bertz CT molecular complexity index is 922. The van der Waals surface area contributed by atoms with Crippen LogP contribution in [0.25, 0.3) is 5.69 Å². The summed E-state index contributed by atoms with van der Waals surface area (Å²) in [4.78, 5) is 14.9. The van der Waals surface area contributed by atoms with Gasteiger partial charge >= 0.3 is 0 Å². The Hall–Kier alpha value is -2.92. The van der Waals surface area contributed by atoms with Crippen LogP contribution >= 0.6 is 0 Å². The first-order chi connectivity index (χ1) is 13.7. The molecule has 1 N–H and O–H groups in total. The normalized spacial score (nSPS) is 14.3. The Morgan fingerprint density at radius 2 is 1.64 bits per heavy atom. The average Bonchev–Trinajstić information content (AvgIpc) is 3.39. The molecule has 4 rings (SSSR count). The second-order valence-corrected chi connectivity index (χ2v) is 7.41. The van der Waals surface area contributed by atoms with E-state index in [9.17, 15) is 4.79 Å². The molecule has 144 valence electrons. The van der Waals surface area contributed by atoms with Crippen LogP contribution in [0.4, 0.5) is 0 Å². The lowest BCUT2D eigenvalue weighted by molar-refractivity contribution is 0.0951. The third-order valence-electron chi connectivity index (χ3n) is 5.29. The zero-order chi connectivity index (χ0) is 19.3. The van der Waals surface area contributed by atoms with Gasteiger partial charge in [-0.05, 0) is 74.3 Å². The number of carbonyl (C=O) groups excluding carboxylic acids is 1. The fourth-order valence-electron chi connectivity index (χ4n) is 3.64. The van der Waals surface area contributed by atoms with Gasteiger partial charge in [-0.2, -0.15) is 5.10 Å². The Balaban J connectivity index is 1.32. The highest BCUT2D eigenvalue weighted by Crippen LogP contribution is 2.14. The van der Waals surface area contributed by atoms with Crippen LogP contribution in [0.15, 0.2) is 60.8 Å². The maximum atomic E-state index is 12.4. The molecular weight excluding hydrogens is 348 g/mol. The molecule has 5 heteroatoms. The van der Waals surface area contributed by atoms with E-state index in [-0.39, 0.29) is 5.91 Å². The largest absolute Gasteiger partial charge is 0.348 e. The van der Waals surface area contributed by atoms with Crippen molar-refractivity contribution in [1.82, 2.24) is 20.0 Å². The number of hydrogen-bond donors (Lipinski definition) is 1. The number of nitrogens with zero attached hydrogens (tertiary/aromatic N) is 3. The van der Waals surface area contributed by atoms with Gasteiger partial charge in [0.25, 0.3) is 5.91 Å². The van der Waals surface area contributed by atoms with Crippen molar-refractivity contribution < 1.29 is 4.79 Å². The lowest BCUT2D eigenvalue weighted by Crippen LogP contribution is -2.23. The van der Waals surface area contributed by atoms with Gasteiger partial charge in [0.15, 0.2) is 0 Å². The van der Waals surface area contributed by atoms with Crippen LogP contribution < -0.4 is 5.32 Å². The minimum absolute atomic E-state index is 0.0649. The predicted molar refractivity (Wildman–Crippen MR) is 110 cm³/mol. The van der Waals surface area contributed by atoms with Gasteiger partial charge in [-0.25, -0.2) is 4.68 Å². The Morgan fingerprint density at radius 1 is 0.964 bits per heavy atom. The van der Waals surface area contributed by atoms with Crippen molar-refractivity contribution in [1.29, 1.82) is 0 Å². The zero-order valence-electron chi connectivity index (χ0n) is 16.3. The summed E-state index contributed by atoms with van der Waals surface area (Å²) in [6.45, 7) is 5.97. The molecular formula is C23H26N4O. The second kappa shape index (κ2) is 8.40. The first-order valence-electron chi connectivity index (χ1n) is 9.88. The molecule has 0 spiro atoms. The molecule has 5 nitrogen and oxygen atoms in total. The van der Waals surface area contributed by atoms with Crippen molar-refractivity contribution in [2.45, 2.75) is 32.9 Å². The van der Waals surface area contributed by atoms with Crippen molar-refractivity contribution in [2.24, 2.45) is 0 Å². The van der Waals surface area contributed by atoms with Gasteiger partial charge in [-0.3, -0.25) is 9.69 Å². The summed E-state index contributed by atoms with van der Waals surface area (Å²) >= 11 is 0. The topological polar surface area (TPSA) is 50.2 Å². The molecule has 0 unspecified atom stereocenters. The minimum Gasteiger partial charge on any atom is -0.348 e. The van der Waals surface area contributed by atoms with Gasteiger partial charge in [-0.15, -0.1) is 0 Å². The molecule has 0 saturated carbocycles. The lowest BCUT2D eigenvalue weighted by atomic mass is 10.1. The molecule has 3 aromatic rings. The second-order valence-electron chi connectivity index (χ2n) is 7.41. The van der Waals surface area contributed by atoms with Crippen molar-refractivity contribution in [3.05, 3.63) is 83.2 Å². The van der Waals surface area contributed by atoms with Gasteiger partial charge in [0.05, 0.1) is 5.69 Å². The maximum Gasteiger partial charge on any atom is 0.251 e. The molecule has 1 aliphatic heterocycles. The number of aromatic nitrogens is 2. The van der Waals surface area contributed by atoms with Crippen LogP contribution in [-0.2, 0) is 13.1 Å². The van der Waals surface area contributed by atoms with E-state index >= 15 is 0 Å². The first kappa shape index (κ1) is 18.4. The van der Waals surface area contributed by atoms with Gasteiger partial charge in [-0.1, -0.05) is 24.3 Å². The van der Waals surface area contributed by atoms with E-state index in [2.05, 4.69) is 39.6 Å². The highest BCUT2D eigenvalue weighted by molar-refractivity contribution is 5.94. The molecule has 28 heavy (non-hydrogen) atoms. The molecule has 1 amide bonds. The standard InChI is InChI=1S/C23H26N4O/c1-18-12-13-25-27(18)22-10-8-21(9-11-22)23(28)24-16-19-4-6-20(7-5-19)17-26-14-2-3-15-26/h4-13H,2-3,14-17H2,1H3,(H,24,28). The van der Waals surface area contributed by atoms with Gasteiger partial charge < -0.3 is 5.32 Å². The van der Waals surface area contributed by atoms with Crippen LogP contribution in [0.1, 0.15) is 40.0 Å². The van der Waals surface area contributed by atoms with Gasteiger partial charge in [0, 0.05) is 30.5 Å². The smallest absolute Gasteiger partial charge is 0.251 e. The lowest BCUT2D eigenvalue weighted by Gasteiger charge is -2.14. The van der Waals surface area contributed by atoms with Crippen LogP contribution in [0.5, 0.6) is 0 Å². The van der Waals surface area contributed by atoms with Crippen molar-refractivity contribution >= 4 is 5.91 Å². The predicted octanol–water partition coefficient (Wildman–Crippen LogP) is 3.71. The fourth-order valence-corrected chi connectivity index (χ4v) is 3.64. The number of amides is 1. The van der Waals surface area contributed by atoms with E-state index in [1.165, 1.54) is 31.5 Å². The number of likely N-dealkylation sites (tertiary alicyclic amines) is 1. The van der Waals surface area contributed by atoms with E-state index in [4.69, 9.17) is 0 Å². The summed E-state index contributed by atoms with van der Waals surface area (Å²) in [6.07, 6.45) is 4.39. The van der Waals surface area contributed by atoms with E-state index < -0.39 is 0 Å². The molecule has 1 saturated heterocycles. The summed E-state index contributed by atoms with van der Waals surface area (Å²) < 4.78 is 1.85. The van der Waals surface area contributed by atoms with Crippen LogP contribution in [-0.4, -0.2) is 33.7 Å². The number of aryl methyl sites for hydroxylation is 1. The number of hydrogen-bond acceptors (Lipinski definition) is 3. The van der Waals surface area contributed by atoms with Crippen molar-refractivity contribution in [2.75, 3.05) is 13.1 Å². The molecule has 1 fully saturated rings. The Labute approximate surface area is 166 Å². The van der Waals surface area contributed by atoms with Crippen molar-refractivity contribution in [3.8, 4) is 5.69 Å². The molecule has 0 atom stereocenters. The van der Waals surface area contributed by atoms with Crippen LogP contribution in [0.2, 0.25) is 0 Å². The molecule has 0 aliphatic carbocycles. The summed E-state index contributed by atoms with van der Waals surface area (Å²) in [5.74, 6) is -0.0649. The molecule has 2 aromatic carbocycles. The number of carbonyl (C=O) groups is 1. The summed E-state index contributed by atoms with van der Waals surface area (Å²) in [6, 6.07) is 18.0. The highest BCUT2D eigenvalue weighted by Gasteiger charge is 2.11. The number of rotatable bonds is 6. The monoisotopic (exact) mass is 374 g/mol. The van der Waals surface area contributed by atoms with E-state index in [1.807, 2.05) is 41.9 Å². The summed E-state index contributed by atoms with van der Waals surface area (Å²) in [5, 5.41) is 7.29. The molecule has 2 heterocycles. The zero-order valence-corrected chi connectivity index (χ0v) is 16.3. The molecule has 0 bridgehead atoms. The highest BCUT2D eigenvalue weighted by atomic mass is 16.1. The first-order valence-corrected chi connectivity index (χ1v) is 9.88.